The molecule has 4 heterocycles. The van der Waals surface area contributed by atoms with Crippen LogP contribution in [0.5, 0.6) is 11.5 Å². The summed E-state index contributed by atoms with van der Waals surface area (Å²) < 4.78 is 16.8. The lowest BCUT2D eigenvalue weighted by molar-refractivity contribution is -0.110. The first-order valence-electron chi connectivity index (χ1n) is 19.8. The van der Waals surface area contributed by atoms with Crippen molar-refractivity contribution >= 4 is 63.3 Å². The van der Waals surface area contributed by atoms with E-state index in [0.29, 0.717) is 71.0 Å². The zero-order chi connectivity index (χ0) is 45.4. The van der Waals surface area contributed by atoms with Crippen molar-refractivity contribution in [3.63, 3.8) is 0 Å². The number of imidazole rings is 2. The number of hydrazine groups is 1. The normalized spacial score (nSPS) is 13.0. The third-order valence-corrected chi connectivity index (χ3v) is 9.44. The molecule has 21 nitrogen and oxygen atoms in total. The van der Waals surface area contributed by atoms with Crippen LogP contribution in [0.15, 0.2) is 71.1 Å². The van der Waals surface area contributed by atoms with E-state index in [9.17, 15) is 19.2 Å². The number of hydrogen-bond donors (Lipinski definition) is 7. The van der Waals surface area contributed by atoms with Gasteiger partial charge in [0.2, 0.25) is 23.7 Å². The topological polar surface area (TPSA) is 296 Å². The van der Waals surface area contributed by atoms with E-state index >= 15 is 0 Å². The molecule has 0 bridgehead atoms. The molecule has 21 heteroatoms. The van der Waals surface area contributed by atoms with Crippen molar-refractivity contribution in [3.8, 4) is 23.3 Å². The molecular formula is C42H49N15O6. The van der Waals surface area contributed by atoms with Crippen LogP contribution in [0.2, 0.25) is 0 Å². The molecule has 0 atom stereocenters. The average molecular weight is 860 g/mol. The summed E-state index contributed by atoms with van der Waals surface area (Å²) in [7, 11) is 1.44. The molecule has 11 N–H and O–H groups in total. The molecule has 3 aromatic heterocycles. The van der Waals surface area contributed by atoms with E-state index in [0.717, 1.165) is 0 Å². The fourth-order valence-electron chi connectivity index (χ4n) is 6.68. The number of amides is 4. The molecule has 2 aromatic carbocycles. The highest BCUT2D eigenvalue weighted by atomic mass is 16.5. The highest BCUT2D eigenvalue weighted by Crippen LogP contribution is 2.33. The van der Waals surface area contributed by atoms with Gasteiger partial charge in [0, 0.05) is 54.9 Å². The first-order valence-corrected chi connectivity index (χ1v) is 19.8. The summed E-state index contributed by atoms with van der Waals surface area (Å²) >= 11 is 0. The van der Waals surface area contributed by atoms with Gasteiger partial charge in [-0.2, -0.15) is 5.10 Å². The Hall–Kier alpha value is -8.12. The van der Waals surface area contributed by atoms with Crippen LogP contribution in [0.25, 0.3) is 22.1 Å². The van der Waals surface area contributed by atoms with Crippen molar-refractivity contribution in [3.05, 3.63) is 88.7 Å². The van der Waals surface area contributed by atoms with Crippen LogP contribution < -0.4 is 48.5 Å². The van der Waals surface area contributed by atoms with Crippen LogP contribution in [0.3, 0.4) is 0 Å². The number of aliphatic imine (C=N–C) groups is 1. The predicted octanol–water partition coefficient (Wildman–Crippen LogP) is 1.89. The first-order chi connectivity index (χ1) is 30.2. The van der Waals surface area contributed by atoms with E-state index < -0.39 is 23.6 Å². The number of nitrogens with two attached hydrogens (primary N) is 4. The Labute approximate surface area is 361 Å². The van der Waals surface area contributed by atoms with Gasteiger partial charge in [-0.3, -0.25) is 39.5 Å². The molecule has 1 aliphatic rings. The molecular weight excluding hydrogens is 811 g/mol. The maximum absolute atomic E-state index is 13.8. The number of fused-ring (bicyclic) bond motifs is 2. The van der Waals surface area contributed by atoms with E-state index in [1.165, 1.54) is 37.5 Å². The van der Waals surface area contributed by atoms with Gasteiger partial charge in [0.05, 0.1) is 36.9 Å². The zero-order valence-corrected chi connectivity index (χ0v) is 35.5. The SMILES string of the molecule is CCN=C(/C=C(/C)N)C(=O)Nc1nc2cc(C(N)=O)cc(OC)c2n1C/C=C/Cn1c(NC(=O)c2cc(C)nn2CC)nc2cc(C(N)=O)cc(OCC#CCN3C=C(N)CN3)c21. The zero-order valence-electron chi connectivity index (χ0n) is 35.5. The number of ether oxygens (including phenoxy) is 2. The van der Waals surface area contributed by atoms with E-state index in [1.54, 1.807) is 64.0 Å². The van der Waals surface area contributed by atoms with Crippen molar-refractivity contribution in [2.75, 3.05) is 44.0 Å². The standard InChI is InChI=1S/C42H49N15O6/c1-6-47-31(16-24(3)43)39(60)51-41-49-29-18-26(37(45)58)20-33(62-5)35(29)55(41)13-8-9-14-56-36-30(50-42(56)52-40(61)32-17-25(4)53-57(32)7-2)19-27(38(46)59)21-34(36)63-15-11-10-12-54-23-28(44)22-48-54/h8-9,16-21,23,48H,6-7,12-15,22,43-44H2,1-5H3,(H2,45,58)(H2,46,59)(H,49,51,60)(H,50,52,61)/b9-8+,24-16-,47-31?. The number of allylic oxidation sites excluding steroid dienone is 3. The van der Waals surface area contributed by atoms with Gasteiger partial charge in [-0.1, -0.05) is 24.0 Å². The molecule has 63 heavy (non-hydrogen) atoms. The van der Waals surface area contributed by atoms with E-state index in [4.69, 9.17) is 37.4 Å². The second kappa shape index (κ2) is 19.5. The third kappa shape index (κ3) is 10.3. The Bertz CT molecular complexity index is 2790. The van der Waals surface area contributed by atoms with Crippen LogP contribution in [0.1, 0.15) is 57.7 Å². The lowest BCUT2D eigenvalue weighted by Gasteiger charge is -2.13. The second-order valence-corrected chi connectivity index (χ2v) is 14.1. The van der Waals surface area contributed by atoms with Crippen molar-refractivity contribution in [1.29, 1.82) is 0 Å². The number of nitrogens with one attached hydrogen (secondary N) is 3. The minimum atomic E-state index is -0.712. The number of methoxy groups -OCH3 is 1. The van der Waals surface area contributed by atoms with E-state index in [1.807, 2.05) is 6.92 Å². The van der Waals surface area contributed by atoms with Crippen LogP contribution in [0.4, 0.5) is 11.9 Å². The van der Waals surface area contributed by atoms with Crippen molar-refractivity contribution < 1.29 is 28.7 Å². The summed E-state index contributed by atoms with van der Waals surface area (Å²) in [6.45, 7) is 8.89. The van der Waals surface area contributed by atoms with Crippen LogP contribution in [0, 0.1) is 18.8 Å². The monoisotopic (exact) mass is 859 g/mol. The average Bonchev–Trinajstić information content (AvgIpc) is 4.02. The Balaban J connectivity index is 1.40. The largest absolute Gasteiger partial charge is 0.494 e. The lowest BCUT2D eigenvalue weighted by Crippen LogP contribution is -2.29. The van der Waals surface area contributed by atoms with Gasteiger partial charge >= 0.3 is 0 Å². The smallest absolute Gasteiger partial charge is 0.276 e. The van der Waals surface area contributed by atoms with Gasteiger partial charge in [-0.15, -0.1) is 0 Å². The molecule has 0 spiro atoms. The van der Waals surface area contributed by atoms with Crippen LogP contribution in [-0.2, 0) is 24.4 Å². The molecule has 0 saturated carbocycles. The molecule has 0 unspecified atom stereocenters. The number of benzene rings is 2. The van der Waals surface area contributed by atoms with E-state index in [2.05, 4.69) is 43.0 Å². The van der Waals surface area contributed by atoms with Gasteiger partial charge in [0.15, 0.2) is 0 Å². The fraction of sp³-hybridized carbons (Fsp3) is 0.286. The third-order valence-electron chi connectivity index (χ3n) is 9.44. The lowest BCUT2D eigenvalue weighted by atomic mass is 10.1. The molecule has 1 aliphatic heterocycles. The van der Waals surface area contributed by atoms with Gasteiger partial charge in [-0.05, 0) is 64.1 Å². The summed E-state index contributed by atoms with van der Waals surface area (Å²) in [5, 5.41) is 11.9. The maximum atomic E-state index is 13.8. The quantitative estimate of drug-likeness (QED) is 0.0400. The highest BCUT2D eigenvalue weighted by Gasteiger charge is 2.23. The molecule has 4 amide bonds. The Morgan fingerprint density at radius 3 is 2.08 bits per heavy atom. The van der Waals surface area contributed by atoms with Gasteiger partial charge < -0.3 is 46.6 Å². The number of carbonyl (C=O) groups excluding carboxylic acids is 4. The number of nitrogens with zero attached hydrogens (tertiary/aromatic N) is 8. The number of primary amides is 2. The summed E-state index contributed by atoms with van der Waals surface area (Å²) in [4.78, 5) is 65.7. The number of carbonyl (C=O) groups is 4. The molecule has 0 aliphatic carbocycles. The number of aryl methyl sites for hydroxylation is 2. The summed E-state index contributed by atoms with van der Waals surface area (Å²) in [6.07, 6.45) is 6.82. The molecule has 6 rings (SSSR count). The molecule has 5 aromatic rings. The van der Waals surface area contributed by atoms with Crippen molar-refractivity contribution in [2.45, 2.75) is 47.3 Å². The van der Waals surface area contributed by atoms with Crippen LogP contribution >= 0.6 is 0 Å². The van der Waals surface area contributed by atoms with Gasteiger partial charge in [0.25, 0.3) is 11.8 Å². The number of hydrogen-bond acceptors (Lipinski definition) is 14. The van der Waals surface area contributed by atoms with Crippen molar-refractivity contribution in [1.82, 2.24) is 39.3 Å². The molecule has 0 fully saturated rings. The summed E-state index contributed by atoms with van der Waals surface area (Å²) in [5.74, 6) is 4.32. The second-order valence-electron chi connectivity index (χ2n) is 14.1. The maximum Gasteiger partial charge on any atom is 0.276 e. The summed E-state index contributed by atoms with van der Waals surface area (Å²) in [5.41, 5.74) is 30.1. The van der Waals surface area contributed by atoms with Gasteiger partial charge in [0.1, 0.15) is 40.5 Å². The molecule has 328 valence electrons. The highest BCUT2D eigenvalue weighted by molar-refractivity contribution is 6.47. The minimum absolute atomic E-state index is 0.0607. The Morgan fingerprint density at radius 1 is 0.905 bits per heavy atom. The van der Waals surface area contributed by atoms with Crippen molar-refractivity contribution in [2.24, 2.45) is 27.9 Å². The Kier molecular flexibility index (Phi) is 13.8. The fourth-order valence-corrected chi connectivity index (χ4v) is 6.68. The van der Waals surface area contributed by atoms with Gasteiger partial charge in [-0.25, -0.2) is 15.4 Å². The van der Waals surface area contributed by atoms with Crippen LogP contribution in [-0.4, -0.2) is 96.6 Å². The Morgan fingerprint density at radius 2 is 1.52 bits per heavy atom. The minimum Gasteiger partial charge on any atom is -0.494 e. The van der Waals surface area contributed by atoms with E-state index in [-0.39, 0.29) is 59.9 Å². The number of aromatic nitrogens is 6. The molecule has 0 radical (unpaired) electrons. The number of rotatable bonds is 17. The summed E-state index contributed by atoms with van der Waals surface area (Å²) in [6, 6.07) is 7.67. The predicted molar refractivity (Wildman–Crippen MR) is 238 cm³/mol. The molecule has 0 saturated heterocycles. The first kappa shape index (κ1) is 44.4. The number of anilines is 2.